The van der Waals surface area contributed by atoms with Gasteiger partial charge in [-0.15, -0.1) is 0 Å². The summed E-state index contributed by atoms with van der Waals surface area (Å²) < 4.78 is 0. The highest BCUT2D eigenvalue weighted by Gasteiger charge is 2.37. The number of aromatic amines is 1. The van der Waals surface area contributed by atoms with Gasteiger partial charge in [-0.25, -0.2) is 4.98 Å². The summed E-state index contributed by atoms with van der Waals surface area (Å²) >= 11 is 0. The maximum Gasteiger partial charge on any atom is 0.228 e. The van der Waals surface area contributed by atoms with Crippen molar-refractivity contribution in [3.63, 3.8) is 0 Å². The van der Waals surface area contributed by atoms with Gasteiger partial charge in [0.2, 0.25) is 17.8 Å². The van der Waals surface area contributed by atoms with Crippen LogP contribution in [0.3, 0.4) is 0 Å². The van der Waals surface area contributed by atoms with E-state index in [0.717, 1.165) is 42.2 Å². The quantitative estimate of drug-likeness (QED) is 0.730. The number of nitrogens with zero attached hydrogens (tertiary/aromatic N) is 4. The summed E-state index contributed by atoms with van der Waals surface area (Å²) in [5.74, 6) is 0.707. The van der Waals surface area contributed by atoms with Crippen LogP contribution in [0.15, 0.2) is 54.6 Å². The maximum absolute atomic E-state index is 13.2. The van der Waals surface area contributed by atoms with E-state index in [1.54, 1.807) is 4.90 Å². The number of carbonyl (C=O) groups excluding carboxylic acids is 2. The molecule has 2 fully saturated rings. The van der Waals surface area contributed by atoms with Crippen molar-refractivity contribution in [3.8, 4) is 0 Å². The molecule has 7 heteroatoms. The van der Waals surface area contributed by atoms with E-state index in [1.807, 2.05) is 59.5 Å². The molecule has 2 amide bonds. The Hall–Kier alpha value is -3.35. The van der Waals surface area contributed by atoms with Crippen LogP contribution >= 0.6 is 0 Å². The molecule has 30 heavy (non-hydrogen) atoms. The minimum atomic E-state index is -0.268. The second kappa shape index (κ2) is 7.82. The van der Waals surface area contributed by atoms with Crippen LogP contribution in [0.1, 0.15) is 12.8 Å². The van der Waals surface area contributed by atoms with Crippen LogP contribution in [0.25, 0.3) is 11.0 Å². The lowest BCUT2D eigenvalue weighted by Gasteiger charge is -2.24. The monoisotopic (exact) mass is 403 g/mol. The van der Waals surface area contributed by atoms with Gasteiger partial charge in [0.15, 0.2) is 0 Å². The maximum atomic E-state index is 13.2. The summed E-state index contributed by atoms with van der Waals surface area (Å²) in [5.41, 5.74) is 2.84. The zero-order chi connectivity index (χ0) is 20.5. The van der Waals surface area contributed by atoms with Gasteiger partial charge in [0.25, 0.3) is 0 Å². The standard InChI is InChI=1S/C23H25N5O2/c29-21-15-17(16-28(21)18-7-2-1-3-8-18)22(30)26-11-6-12-27(14-13-26)23-24-19-9-4-5-10-20(19)25-23/h1-5,7-10,17H,6,11-16H2,(H,24,25). The van der Waals surface area contributed by atoms with Crippen LogP contribution < -0.4 is 9.80 Å². The van der Waals surface area contributed by atoms with E-state index in [1.165, 1.54) is 0 Å². The Kier molecular flexibility index (Phi) is 4.86. The third kappa shape index (κ3) is 3.51. The van der Waals surface area contributed by atoms with E-state index in [4.69, 9.17) is 4.98 Å². The average Bonchev–Trinajstić information content (AvgIpc) is 3.29. The third-order valence-electron chi connectivity index (χ3n) is 6.03. The number of nitrogens with one attached hydrogen (secondary N) is 1. The van der Waals surface area contributed by atoms with Crippen molar-refractivity contribution < 1.29 is 9.59 Å². The number of carbonyl (C=O) groups is 2. The Morgan fingerprint density at radius 2 is 1.77 bits per heavy atom. The molecular formula is C23H25N5O2. The summed E-state index contributed by atoms with van der Waals surface area (Å²) in [6, 6.07) is 17.6. The molecule has 3 heterocycles. The van der Waals surface area contributed by atoms with Crippen molar-refractivity contribution in [2.24, 2.45) is 5.92 Å². The molecule has 2 aromatic carbocycles. The molecule has 0 bridgehead atoms. The number of H-pyrrole nitrogens is 1. The minimum Gasteiger partial charge on any atom is -0.341 e. The van der Waals surface area contributed by atoms with Gasteiger partial charge in [0.05, 0.1) is 17.0 Å². The van der Waals surface area contributed by atoms with Crippen molar-refractivity contribution in [1.29, 1.82) is 0 Å². The van der Waals surface area contributed by atoms with Gasteiger partial charge in [0.1, 0.15) is 0 Å². The molecular weight excluding hydrogens is 378 g/mol. The number of rotatable bonds is 3. The molecule has 0 spiro atoms. The van der Waals surface area contributed by atoms with E-state index < -0.39 is 0 Å². The van der Waals surface area contributed by atoms with Gasteiger partial charge in [-0.1, -0.05) is 30.3 Å². The predicted molar refractivity (Wildman–Crippen MR) is 116 cm³/mol. The van der Waals surface area contributed by atoms with Gasteiger partial charge < -0.3 is 19.7 Å². The van der Waals surface area contributed by atoms with Crippen molar-refractivity contribution in [3.05, 3.63) is 54.6 Å². The van der Waals surface area contributed by atoms with E-state index in [9.17, 15) is 9.59 Å². The average molecular weight is 403 g/mol. The molecule has 154 valence electrons. The lowest BCUT2D eigenvalue weighted by atomic mass is 10.1. The first-order valence-electron chi connectivity index (χ1n) is 10.5. The Morgan fingerprint density at radius 1 is 0.967 bits per heavy atom. The largest absolute Gasteiger partial charge is 0.341 e. The first-order valence-corrected chi connectivity index (χ1v) is 10.5. The van der Waals surface area contributed by atoms with Gasteiger partial charge in [-0.2, -0.15) is 0 Å². The second-order valence-corrected chi connectivity index (χ2v) is 7.98. The third-order valence-corrected chi connectivity index (χ3v) is 6.03. The summed E-state index contributed by atoms with van der Waals surface area (Å²) in [4.78, 5) is 39.6. The van der Waals surface area contributed by atoms with Crippen molar-refractivity contribution >= 4 is 34.5 Å². The van der Waals surface area contributed by atoms with Gasteiger partial charge in [-0.05, 0) is 30.7 Å². The first-order chi connectivity index (χ1) is 14.7. The SMILES string of the molecule is O=C(C1CC(=O)N(c2ccccc2)C1)N1CCCN(c2nc3ccccc3[nH]2)CC1. The van der Waals surface area contributed by atoms with E-state index in [0.29, 0.717) is 19.6 Å². The molecule has 0 saturated carbocycles. The predicted octanol–water partition coefficient (Wildman–Crippen LogP) is 2.65. The number of anilines is 2. The number of para-hydroxylation sites is 3. The Labute approximate surface area is 175 Å². The molecule has 2 aliphatic heterocycles. The van der Waals surface area contributed by atoms with Crippen LogP contribution in [0.4, 0.5) is 11.6 Å². The van der Waals surface area contributed by atoms with Gasteiger partial charge >= 0.3 is 0 Å². The number of hydrogen-bond acceptors (Lipinski definition) is 4. The molecule has 2 saturated heterocycles. The highest BCUT2D eigenvalue weighted by atomic mass is 16.2. The van der Waals surface area contributed by atoms with Crippen LogP contribution in [0, 0.1) is 5.92 Å². The lowest BCUT2D eigenvalue weighted by Crippen LogP contribution is -2.40. The number of hydrogen-bond donors (Lipinski definition) is 1. The fraction of sp³-hybridized carbons (Fsp3) is 0.348. The zero-order valence-electron chi connectivity index (χ0n) is 16.8. The Morgan fingerprint density at radius 3 is 2.60 bits per heavy atom. The van der Waals surface area contributed by atoms with Crippen LogP contribution in [-0.2, 0) is 9.59 Å². The minimum absolute atomic E-state index is 0.0262. The van der Waals surface area contributed by atoms with Crippen LogP contribution in [0.5, 0.6) is 0 Å². The molecule has 7 nitrogen and oxygen atoms in total. The molecule has 1 atom stereocenters. The molecule has 5 rings (SSSR count). The number of amides is 2. The molecule has 2 aliphatic rings. The highest BCUT2D eigenvalue weighted by molar-refractivity contribution is 6.00. The smallest absolute Gasteiger partial charge is 0.228 e. The summed E-state index contributed by atoms with van der Waals surface area (Å²) in [7, 11) is 0. The van der Waals surface area contributed by atoms with E-state index in [2.05, 4.69) is 9.88 Å². The van der Waals surface area contributed by atoms with E-state index in [-0.39, 0.29) is 24.2 Å². The summed E-state index contributed by atoms with van der Waals surface area (Å²) in [6.45, 7) is 3.40. The fourth-order valence-corrected chi connectivity index (χ4v) is 4.43. The molecule has 0 radical (unpaired) electrons. The Bertz CT molecular complexity index is 1030. The summed E-state index contributed by atoms with van der Waals surface area (Å²) in [6.07, 6.45) is 1.17. The fourth-order valence-electron chi connectivity index (χ4n) is 4.43. The molecule has 3 aromatic rings. The lowest BCUT2D eigenvalue weighted by molar-refractivity contribution is -0.135. The normalized spacial score (nSPS) is 20.1. The van der Waals surface area contributed by atoms with Gasteiger partial charge in [-0.3, -0.25) is 9.59 Å². The van der Waals surface area contributed by atoms with Crippen LogP contribution in [0.2, 0.25) is 0 Å². The van der Waals surface area contributed by atoms with Crippen molar-refractivity contribution in [1.82, 2.24) is 14.9 Å². The molecule has 1 aromatic heterocycles. The first kappa shape index (κ1) is 18.7. The van der Waals surface area contributed by atoms with Crippen molar-refractivity contribution in [2.45, 2.75) is 12.8 Å². The molecule has 1 N–H and O–H groups in total. The summed E-state index contributed by atoms with van der Waals surface area (Å²) in [5, 5.41) is 0. The van der Waals surface area contributed by atoms with E-state index >= 15 is 0 Å². The Balaban J connectivity index is 1.24. The van der Waals surface area contributed by atoms with Gasteiger partial charge in [0, 0.05) is 44.8 Å². The molecule has 1 unspecified atom stereocenters. The van der Waals surface area contributed by atoms with Crippen molar-refractivity contribution in [2.75, 3.05) is 42.5 Å². The second-order valence-electron chi connectivity index (χ2n) is 7.98. The number of benzene rings is 2. The number of fused-ring (bicyclic) bond motifs is 1. The van der Waals surface area contributed by atoms with Crippen LogP contribution in [-0.4, -0.2) is 59.4 Å². The topological polar surface area (TPSA) is 72.5 Å². The molecule has 0 aliphatic carbocycles. The zero-order valence-corrected chi connectivity index (χ0v) is 16.8. The highest BCUT2D eigenvalue weighted by Crippen LogP contribution is 2.27. The number of imidazole rings is 1. The number of aromatic nitrogens is 2.